The standard InChI is InChI=1S/C7H16N2O2S/c1-7(12(9,10)11)4-2-6(8)3-5-7/h6H,2-5,8H2,1H3,(H2,9,10,11). The van der Waals surface area contributed by atoms with Gasteiger partial charge in [0.2, 0.25) is 10.0 Å². The summed E-state index contributed by atoms with van der Waals surface area (Å²) in [4.78, 5) is 0. The van der Waals surface area contributed by atoms with Crippen LogP contribution < -0.4 is 10.9 Å². The van der Waals surface area contributed by atoms with Gasteiger partial charge < -0.3 is 5.73 Å². The topological polar surface area (TPSA) is 86.2 Å². The minimum Gasteiger partial charge on any atom is -0.328 e. The van der Waals surface area contributed by atoms with E-state index in [9.17, 15) is 8.42 Å². The Kier molecular flexibility index (Phi) is 2.47. The molecule has 4 N–H and O–H groups in total. The maximum atomic E-state index is 11.2. The summed E-state index contributed by atoms with van der Waals surface area (Å²) in [5, 5.41) is 5.12. The number of hydrogen-bond donors (Lipinski definition) is 2. The molecule has 1 rings (SSSR count). The SMILES string of the molecule is CC1(S(N)(=O)=O)CCC(N)CC1. The van der Waals surface area contributed by atoms with Crippen molar-refractivity contribution in [3.63, 3.8) is 0 Å². The minimum atomic E-state index is -3.40. The average Bonchev–Trinajstić information content (AvgIpc) is 1.93. The number of hydrogen-bond acceptors (Lipinski definition) is 3. The lowest BCUT2D eigenvalue weighted by molar-refractivity contribution is 0.360. The first-order chi connectivity index (χ1) is 5.35. The fraction of sp³-hybridized carbons (Fsp3) is 1.00. The molecular weight excluding hydrogens is 176 g/mol. The Morgan fingerprint density at radius 3 is 2.08 bits per heavy atom. The van der Waals surface area contributed by atoms with Crippen LogP contribution in [0.3, 0.4) is 0 Å². The van der Waals surface area contributed by atoms with Crippen molar-refractivity contribution >= 4 is 10.0 Å². The molecular formula is C7H16N2O2S. The highest BCUT2D eigenvalue weighted by Crippen LogP contribution is 2.32. The van der Waals surface area contributed by atoms with Gasteiger partial charge in [-0.1, -0.05) is 0 Å². The first-order valence-electron chi connectivity index (χ1n) is 4.13. The van der Waals surface area contributed by atoms with E-state index in [1.165, 1.54) is 0 Å². The van der Waals surface area contributed by atoms with E-state index in [1.54, 1.807) is 6.92 Å². The average molecular weight is 192 g/mol. The van der Waals surface area contributed by atoms with E-state index >= 15 is 0 Å². The van der Waals surface area contributed by atoms with Crippen LogP contribution in [-0.4, -0.2) is 19.2 Å². The fourth-order valence-electron chi connectivity index (χ4n) is 1.54. The largest absolute Gasteiger partial charge is 0.328 e. The van der Waals surface area contributed by atoms with Crippen molar-refractivity contribution in [1.82, 2.24) is 0 Å². The number of sulfonamides is 1. The molecule has 0 radical (unpaired) electrons. The van der Waals surface area contributed by atoms with Crippen LogP contribution in [0.2, 0.25) is 0 Å². The number of primary sulfonamides is 1. The Morgan fingerprint density at radius 1 is 1.33 bits per heavy atom. The summed E-state index contributed by atoms with van der Waals surface area (Å²) in [6.45, 7) is 1.70. The smallest absolute Gasteiger partial charge is 0.214 e. The Bertz CT molecular complexity index is 253. The summed E-state index contributed by atoms with van der Waals surface area (Å²) in [7, 11) is -3.40. The second-order valence-corrected chi connectivity index (χ2v) is 5.91. The van der Waals surface area contributed by atoms with Gasteiger partial charge in [0.25, 0.3) is 0 Å². The van der Waals surface area contributed by atoms with Gasteiger partial charge in [-0.3, -0.25) is 0 Å². The molecule has 0 unspecified atom stereocenters. The first-order valence-corrected chi connectivity index (χ1v) is 5.68. The van der Waals surface area contributed by atoms with Crippen LogP contribution in [0, 0.1) is 0 Å². The van der Waals surface area contributed by atoms with E-state index in [1.807, 2.05) is 0 Å². The van der Waals surface area contributed by atoms with E-state index in [0.717, 1.165) is 12.8 Å². The highest BCUT2D eigenvalue weighted by molar-refractivity contribution is 7.90. The summed E-state index contributed by atoms with van der Waals surface area (Å²) in [5.41, 5.74) is 5.66. The van der Waals surface area contributed by atoms with Gasteiger partial charge in [-0.25, -0.2) is 13.6 Å². The van der Waals surface area contributed by atoms with Gasteiger partial charge in [0, 0.05) is 6.04 Å². The Morgan fingerprint density at radius 2 is 1.75 bits per heavy atom. The highest BCUT2D eigenvalue weighted by atomic mass is 32.2. The summed E-state index contributed by atoms with van der Waals surface area (Å²) >= 11 is 0. The molecule has 0 heterocycles. The predicted molar refractivity (Wildman–Crippen MR) is 48.0 cm³/mol. The van der Waals surface area contributed by atoms with Gasteiger partial charge >= 0.3 is 0 Å². The third-order valence-corrected chi connectivity index (χ3v) is 4.56. The van der Waals surface area contributed by atoms with Crippen molar-refractivity contribution in [2.24, 2.45) is 10.9 Å². The summed E-state index contributed by atoms with van der Waals surface area (Å²) in [6, 6.07) is 0.153. The summed E-state index contributed by atoms with van der Waals surface area (Å²) < 4.78 is 21.6. The van der Waals surface area contributed by atoms with Crippen molar-refractivity contribution in [3.8, 4) is 0 Å². The molecule has 12 heavy (non-hydrogen) atoms. The van der Waals surface area contributed by atoms with Crippen LogP contribution in [-0.2, 0) is 10.0 Å². The van der Waals surface area contributed by atoms with Crippen molar-refractivity contribution in [2.75, 3.05) is 0 Å². The van der Waals surface area contributed by atoms with Gasteiger partial charge in [-0.2, -0.15) is 0 Å². The molecule has 72 valence electrons. The first kappa shape index (κ1) is 9.95. The van der Waals surface area contributed by atoms with Crippen molar-refractivity contribution in [2.45, 2.75) is 43.4 Å². The maximum absolute atomic E-state index is 11.2. The van der Waals surface area contributed by atoms with Crippen LogP contribution in [0.1, 0.15) is 32.6 Å². The Labute approximate surface area is 73.4 Å². The second-order valence-electron chi connectivity index (χ2n) is 3.83. The van der Waals surface area contributed by atoms with Gasteiger partial charge in [-0.15, -0.1) is 0 Å². The van der Waals surface area contributed by atoms with Gasteiger partial charge in [0.15, 0.2) is 0 Å². The lowest BCUT2D eigenvalue weighted by atomic mass is 9.87. The van der Waals surface area contributed by atoms with Crippen molar-refractivity contribution in [1.29, 1.82) is 0 Å². The molecule has 0 saturated heterocycles. The maximum Gasteiger partial charge on any atom is 0.214 e. The third kappa shape index (κ3) is 1.78. The summed E-state index contributed by atoms with van der Waals surface area (Å²) in [5.74, 6) is 0. The van der Waals surface area contributed by atoms with E-state index in [4.69, 9.17) is 10.9 Å². The molecule has 1 fully saturated rings. The normalized spacial score (nSPS) is 38.1. The molecule has 0 aromatic rings. The van der Waals surface area contributed by atoms with E-state index in [-0.39, 0.29) is 6.04 Å². The summed E-state index contributed by atoms with van der Waals surface area (Å²) in [6.07, 6.45) is 2.69. The zero-order chi connectivity index (χ0) is 9.41. The molecule has 1 saturated carbocycles. The zero-order valence-electron chi connectivity index (χ0n) is 7.29. The third-order valence-electron chi connectivity index (χ3n) is 2.77. The molecule has 0 aromatic heterocycles. The molecule has 0 aliphatic heterocycles. The molecule has 0 aromatic carbocycles. The quantitative estimate of drug-likeness (QED) is 0.610. The molecule has 5 heteroatoms. The van der Waals surface area contributed by atoms with Crippen LogP contribution >= 0.6 is 0 Å². The van der Waals surface area contributed by atoms with Gasteiger partial charge in [0.05, 0.1) is 4.75 Å². The van der Waals surface area contributed by atoms with Crippen LogP contribution in [0.4, 0.5) is 0 Å². The minimum absolute atomic E-state index is 0.153. The second kappa shape index (κ2) is 2.97. The molecule has 1 aliphatic rings. The highest BCUT2D eigenvalue weighted by Gasteiger charge is 2.39. The molecule has 0 spiro atoms. The van der Waals surface area contributed by atoms with E-state index in [0.29, 0.717) is 12.8 Å². The van der Waals surface area contributed by atoms with Crippen molar-refractivity contribution in [3.05, 3.63) is 0 Å². The molecule has 0 bridgehead atoms. The molecule has 0 amide bonds. The van der Waals surface area contributed by atoms with E-state index in [2.05, 4.69) is 0 Å². The number of nitrogens with two attached hydrogens (primary N) is 2. The fourth-order valence-corrected chi connectivity index (χ4v) is 2.34. The lowest BCUT2D eigenvalue weighted by Crippen LogP contribution is -2.45. The van der Waals surface area contributed by atoms with Gasteiger partial charge in [-0.05, 0) is 32.6 Å². The molecule has 4 nitrogen and oxygen atoms in total. The predicted octanol–water partition coefficient (Wildman–Crippen LogP) is -0.0651. The molecule has 1 aliphatic carbocycles. The van der Waals surface area contributed by atoms with Crippen LogP contribution in [0.25, 0.3) is 0 Å². The van der Waals surface area contributed by atoms with Crippen LogP contribution in [0.15, 0.2) is 0 Å². The Hall–Kier alpha value is -0.130. The Balaban J connectivity index is 2.76. The lowest BCUT2D eigenvalue weighted by Gasteiger charge is -2.33. The van der Waals surface area contributed by atoms with Crippen LogP contribution in [0.5, 0.6) is 0 Å². The van der Waals surface area contributed by atoms with Crippen molar-refractivity contribution < 1.29 is 8.42 Å². The monoisotopic (exact) mass is 192 g/mol. The van der Waals surface area contributed by atoms with Gasteiger partial charge in [0.1, 0.15) is 0 Å². The van der Waals surface area contributed by atoms with E-state index < -0.39 is 14.8 Å². The number of rotatable bonds is 1. The zero-order valence-corrected chi connectivity index (χ0v) is 8.10. The molecule has 0 atom stereocenters.